The number of aliphatic hydroxyl groups excluding tert-OH is 1. The molecule has 9 heavy (non-hydrogen) atoms. The van der Waals surface area contributed by atoms with E-state index >= 15 is 0 Å². The van der Waals surface area contributed by atoms with Crippen molar-refractivity contribution >= 4 is 0 Å². The van der Waals surface area contributed by atoms with Gasteiger partial charge in [-0.05, 0) is 0 Å². The van der Waals surface area contributed by atoms with Gasteiger partial charge in [0.05, 0.1) is 12.4 Å². The molecule has 1 heterocycles. The van der Waals surface area contributed by atoms with Crippen molar-refractivity contribution in [1.82, 2.24) is 9.97 Å². The Balaban J connectivity index is 0.000000291. The molecule has 0 aliphatic carbocycles. The van der Waals surface area contributed by atoms with Crippen LogP contribution >= 0.6 is 0 Å². The standard InChI is InChI=1S/C4H3FN2.CH4O/c5-4-1-6-3-7-2-4;1-2/h1-3H;2H,1H3. The van der Waals surface area contributed by atoms with Crippen molar-refractivity contribution in [1.29, 1.82) is 0 Å². The first-order valence-corrected chi connectivity index (χ1v) is 2.25. The van der Waals surface area contributed by atoms with E-state index in [9.17, 15) is 4.39 Å². The molecule has 0 unspecified atom stereocenters. The summed E-state index contributed by atoms with van der Waals surface area (Å²) in [6.45, 7) is 0. The third kappa shape index (κ3) is 3.54. The average Bonchev–Trinajstić information content (AvgIpc) is 1.94. The highest BCUT2D eigenvalue weighted by Gasteiger charge is 1.79. The number of hydrogen-bond acceptors (Lipinski definition) is 3. The van der Waals surface area contributed by atoms with Gasteiger partial charge in [0.15, 0.2) is 5.82 Å². The number of halogens is 1. The molecule has 1 N–H and O–H groups in total. The summed E-state index contributed by atoms with van der Waals surface area (Å²) in [5.41, 5.74) is 0. The van der Waals surface area contributed by atoms with Crippen LogP contribution in [0.25, 0.3) is 0 Å². The van der Waals surface area contributed by atoms with E-state index in [0.29, 0.717) is 0 Å². The third-order valence-electron chi connectivity index (χ3n) is 0.529. The summed E-state index contributed by atoms with van der Waals surface area (Å²) in [5, 5.41) is 7.00. The molecule has 0 saturated carbocycles. The molecule has 0 atom stereocenters. The zero-order valence-electron chi connectivity index (χ0n) is 4.95. The monoisotopic (exact) mass is 130 g/mol. The number of hydrogen-bond donors (Lipinski definition) is 1. The van der Waals surface area contributed by atoms with Crippen LogP contribution in [0, 0.1) is 5.82 Å². The van der Waals surface area contributed by atoms with Crippen molar-refractivity contribution in [3.05, 3.63) is 24.5 Å². The molecular weight excluding hydrogens is 123 g/mol. The maximum Gasteiger partial charge on any atom is 0.159 e. The van der Waals surface area contributed by atoms with Crippen LogP contribution < -0.4 is 0 Å². The molecule has 0 amide bonds. The Labute approximate surface area is 52.2 Å². The fourth-order valence-electron chi connectivity index (χ4n) is 0.281. The van der Waals surface area contributed by atoms with Gasteiger partial charge < -0.3 is 5.11 Å². The van der Waals surface area contributed by atoms with Gasteiger partial charge in [0.1, 0.15) is 6.33 Å². The van der Waals surface area contributed by atoms with Crippen molar-refractivity contribution in [2.24, 2.45) is 0 Å². The summed E-state index contributed by atoms with van der Waals surface area (Å²) in [5.74, 6) is -0.400. The molecule has 0 aliphatic heterocycles. The van der Waals surface area contributed by atoms with Gasteiger partial charge >= 0.3 is 0 Å². The molecule has 50 valence electrons. The molecule has 0 fully saturated rings. The molecule has 0 bridgehead atoms. The Bertz CT molecular complexity index is 145. The van der Waals surface area contributed by atoms with Gasteiger partial charge in [-0.2, -0.15) is 0 Å². The minimum Gasteiger partial charge on any atom is -0.400 e. The lowest BCUT2D eigenvalue weighted by Gasteiger charge is -1.77. The van der Waals surface area contributed by atoms with E-state index in [1.54, 1.807) is 0 Å². The molecule has 1 aromatic rings. The van der Waals surface area contributed by atoms with E-state index in [2.05, 4.69) is 9.97 Å². The Morgan fingerprint density at radius 3 is 2.00 bits per heavy atom. The average molecular weight is 130 g/mol. The van der Waals surface area contributed by atoms with E-state index in [1.165, 1.54) is 6.33 Å². The Morgan fingerprint density at radius 2 is 1.78 bits per heavy atom. The SMILES string of the molecule is CO.Fc1cncnc1. The fourth-order valence-corrected chi connectivity index (χ4v) is 0.281. The second-order valence-corrected chi connectivity index (χ2v) is 1.06. The highest BCUT2D eigenvalue weighted by molar-refractivity contribution is 4.80. The number of aliphatic hydroxyl groups is 1. The first-order valence-electron chi connectivity index (χ1n) is 2.25. The Morgan fingerprint density at radius 1 is 1.33 bits per heavy atom. The van der Waals surface area contributed by atoms with Crippen LogP contribution in [-0.2, 0) is 0 Å². The first kappa shape index (κ1) is 7.97. The van der Waals surface area contributed by atoms with Crippen LogP contribution in [0.2, 0.25) is 0 Å². The van der Waals surface area contributed by atoms with Crippen molar-refractivity contribution in [2.45, 2.75) is 0 Å². The lowest BCUT2D eigenvalue weighted by molar-refractivity contribution is 0.399. The smallest absolute Gasteiger partial charge is 0.159 e. The molecule has 1 aromatic heterocycles. The molecule has 1 rings (SSSR count). The summed E-state index contributed by atoms with van der Waals surface area (Å²) in [4.78, 5) is 6.80. The molecule has 0 aromatic carbocycles. The lowest BCUT2D eigenvalue weighted by Crippen LogP contribution is -1.76. The van der Waals surface area contributed by atoms with Crippen LogP contribution in [0.15, 0.2) is 18.7 Å². The largest absolute Gasteiger partial charge is 0.400 e. The minimum absolute atomic E-state index is 0.400. The molecular formula is C5H7FN2O. The van der Waals surface area contributed by atoms with Crippen molar-refractivity contribution < 1.29 is 9.50 Å². The Kier molecular flexibility index (Phi) is 4.53. The van der Waals surface area contributed by atoms with Gasteiger partial charge in [-0.1, -0.05) is 0 Å². The van der Waals surface area contributed by atoms with Gasteiger partial charge in [0.25, 0.3) is 0 Å². The number of rotatable bonds is 0. The number of nitrogens with zero attached hydrogens (tertiary/aromatic N) is 2. The predicted octanol–water partition coefficient (Wildman–Crippen LogP) is 0.224. The van der Waals surface area contributed by atoms with Crippen LogP contribution in [0.1, 0.15) is 0 Å². The minimum atomic E-state index is -0.400. The van der Waals surface area contributed by atoms with Crippen molar-refractivity contribution in [2.75, 3.05) is 7.11 Å². The maximum absolute atomic E-state index is 11.8. The first-order chi connectivity index (χ1) is 4.39. The molecule has 0 spiro atoms. The fraction of sp³-hybridized carbons (Fsp3) is 0.200. The molecule has 0 radical (unpaired) electrons. The van der Waals surface area contributed by atoms with Gasteiger partial charge in [0, 0.05) is 7.11 Å². The van der Waals surface area contributed by atoms with Gasteiger partial charge in [0.2, 0.25) is 0 Å². The molecule has 0 aliphatic rings. The topological polar surface area (TPSA) is 46.0 Å². The molecule has 3 nitrogen and oxygen atoms in total. The zero-order chi connectivity index (χ0) is 7.11. The lowest BCUT2D eigenvalue weighted by atomic mass is 10.7. The normalized spacial score (nSPS) is 7.44. The van der Waals surface area contributed by atoms with Crippen molar-refractivity contribution in [3.8, 4) is 0 Å². The van der Waals surface area contributed by atoms with Crippen LogP contribution in [0.3, 0.4) is 0 Å². The summed E-state index contributed by atoms with van der Waals surface area (Å²) in [6.07, 6.45) is 3.49. The predicted molar refractivity (Wildman–Crippen MR) is 30.1 cm³/mol. The van der Waals surface area contributed by atoms with Crippen LogP contribution in [0.4, 0.5) is 4.39 Å². The van der Waals surface area contributed by atoms with Crippen LogP contribution in [-0.4, -0.2) is 22.2 Å². The molecule has 0 saturated heterocycles. The van der Waals surface area contributed by atoms with Crippen LogP contribution in [0.5, 0.6) is 0 Å². The second-order valence-electron chi connectivity index (χ2n) is 1.06. The highest BCUT2D eigenvalue weighted by Crippen LogP contribution is 1.84. The van der Waals surface area contributed by atoms with Gasteiger partial charge in [-0.25, -0.2) is 14.4 Å². The Hall–Kier alpha value is -1.03. The summed E-state index contributed by atoms with van der Waals surface area (Å²) in [7, 11) is 1.00. The van der Waals surface area contributed by atoms with Gasteiger partial charge in [-0.15, -0.1) is 0 Å². The van der Waals surface area contributed by atoms with E-state index in [0.717, 1.165) is 19.5 Å². The summed E-state index contributed by atoms with van der Waals surface area (Å²) < 4.78 is 11.8. The highest BCUT2D eigenvalue weighted by atomic mass is 19.1. The number of aromatic nitrogens is 2. The summed E-state index contributed by atoms with van der Waals surface area (Å²) in [6, 6.07) is 0. The quantitative estimate of drug-likeness (QED) is 0.546. The second kappa shape index (κ2) is 5.11. The summed E-state index contributed by atoms with van der Waals surface area (Å²) >= 11 is 0. The van der Waals surface area contributed by atoms with E-state index in [4.69, 9.17) is 5.11 Å². The van der Waals surface area contributed by atoms with E-state index in [1.807, 2.05) is 0 Å². The molecule has 4 heteroatoms. The zero-order valence-corrected chi connectivity index (χ0v) is 4.95. The third-order valence-corrected chi connectivity index (χ3v) is 0.529. The van der Waals surface area contributed by atoms with E-state index < -0.39 is 5.82 Å². The van der Waals surface area contributed by atoms with Crippen molar-refractivity contribution in [3.63, 3.8) is 0 Å². The van der Waals surface area contributed by atoms with Gasteiger partial charge in [-0.3, -0.25) is 0 Å². The maximum atomic E-state index is 11.8. The van der Waals surface area contributed by atoms with E-state index in [-0.39, 0.29) is 0 Å².